The van der Waals surface area contributed by atoms with Crippen molar-refractivity contribution in [3.63, 3.8) is 0 Å². The van der Waals surface area contributed by atoms with Crippen molar-refractivity contribution in [3.8, 4) is 0 Å². The summed E-state index contributed by atoms with van der Waals surface area (Å²) in [6.07, 6.45) is 3.07. The van der Waals surface area contributed by atoms with Gasteiger partial charge in [0, 0.05) is 30.7 Å². The van der Waals surface area contributed by atoms with Crippen LogP contribution in [-0.2, 0) is 0 Å². The molecule has 6 heteroatoms. The Morgan fingerprint density at radius 3 is 2.48 bits per heavy atom. The maximum absolute atomic E-state index is 13.1. The summed E-state index contributed by atoms with van der Waals surface area (Å²) >= 11 is 0. The van der Waals surface area contributed by atoms with Gasteiger partial charge in [-0.05, 0) is 62.4 Å². The molecule has 1 amide bonds. The molecule has 154 valence electrons. The third kappa shape index (κ3) is 4.66. The highest BCUT2D eigenvalue weighted by molar-refractivity contribution is 5.95. The number of rotatable bonds is 4. The molecule has 0 radical (unpaired) electrons. The van der Waals surface area contributed by atoms with Gasteiger partial charge in [-0.15, -0.1) is 0 Å². The zero-order valence-corrected chi connectivity index (χ0v) is 17.0. The normalized spacial score (nSPS) is 23.3. The molecule has 2 aliphatic rings. The first kappa shape index (κ1) is 20.0. The molecule has 0 aromatic heterocycles. The van der Waals surface area contributed by atoms with Gasteiger partial charge in [0.25, 0.3) is 5.91 Å². The van der Waals surface area contributed by atoms with Gasteiger partial charge in [0.1, 0.15) is 5.82 Å². The molecule has 2 fully saturated rings. The second-order valence-corrected chi connectivity index (χ2v) is 8.25. The van der Waals surface area contributed by atoms with Crippen molar-refractivity contribution in [1.82, 2.24) is 21.1 Å². The number of piperidine rings is 1. The van der Waals surface area contributed by atoms with Crippen molar-refractivity contribution in [2.24, 2.45) is 0 Å². The first-order valence-electron chi connectivity index (χ1n) is 10.4. The first-order valence-corrected chi connectivity index (χ1v) is 10.4. The monoisotopic (exact) mass is 396 g/mol. The van der Waals surface area contributed by atoms with Crippen LogP contribution in [0, 0.1) is 19.7 Å². The number of carbonyl (C=O) groups is 1. The molecule has 0 aliphatic carbocycles. The lowest BCUT2D eigenvalue weighted by Gasteiger charge is -2.36. The second-order valence-electron chi connectivity index (χ2n) is 8.25. The van der Waals surface area contributed by atoms with Crippen LogP contribution in [0.4, 0.5) is 4.39 Å². The Balaban J connectivity index is 1.27. The van der Waals surface area contributed by atoms with Crippen LogP contribution in [-0.4, -0.2) is 36.1 Å². The maximum Gasteiger partial charge on any atom is 0.251 e. The number of likely N-dealkylation sites (tertiary alicyclic amines) is 1. The molecule has 2 unspecified atom stereocenters. The Morgan fingerprint density at radius 1 is 1.07 bits per heavy atom. The van der Waals surface area contributed by atoms with Gasteiger partial charge in [0.2, 0.25) is 0 Å². The topological polar surface area (TPSA) is 56.4 Å². The summed E-state index contributed by atoms with van der Waals surface area (Å²) in [5.41, 5.74) is 10.8. The van der Waals surface area contributed by atoms with Gasteiger partial charge in [0.05, 0.1) is 6.17 Å². The molecule has 2 saturated heterocycles. The largest absolute Gasteiger partial charge is 0.349 e. The average molecular weight is 397 g/mol. The second kappa shape index (κ2) is 8.61. The van der Waals surface area contributed by atoms with Crippen LogP contribution in [0.1, 0.15) is 52.4 Å². The molecule has 4 rings (SSSR count). The smallest absolute Gasteiger partial charge is 0.251 e. The average Bonchev–Trinajstić information content (AvgIpc) is 3.19. The summed E-state index contributed by atoms with van der Waals surface area (Å²) in [6, 6.07) is 13.0. The third-order valence-corrected chi connectivity index (χ3v) is 6.09. The summed E-state index contributed by atoms with van der Waals surface area (Å²) in [4.78, 5) is 15.1. The molecule has 0 saturated carbocycles. The van der Waals surface area contributed by atoms with E-state index in [1.54, 1.807) is 0 Å². The third-order valence-electron chi connectivity index (χ3n) is 6.09. The SMILES string of the molecule is Cc1ccc(C(=O)NC2CCN(C3CC(c4ccc(F)cc4)NN3)CC2)c(C)c1. The lowest BCUT2D eigenvalue weighted by Crippen LogP contribution is -2.51. The van der Waals surface area contributed by atoms with Crippen molar-refractivity contribution in [2.45, 2.75) is 51.4 Å². The van der Waals surface area contributed by atoms with E-state index in [1.807, 2.05) is 44.2 Å². The van der Waals surface area contributed by atoms with Gasteiger partial charge in [-0.25, -0.2) is 15.2 Å². The molecule has 5 nitrogen and oxygen atoms in total. The lowest BCUT2D eigenvalue weighted by atomic mass is 10.00. The summed E-state index contributed by atoms with van der Waals surface area (Å²) < 4.78 is 13.1. The minimum Gasteiger partial charge on any atom is -0.349 e. The summed E-state index contributed by atoms with van der Waals surface area (Å²) in [7, 11) is 0. The molecular formula is C23H29FN4O. The predicted molar refractivity (Wildman–Crippen MR) is 112 cm³/mol. The van der Waals surface area contributed by atoms with Crippen LogP contribution in [0.2, 0.25) is 0 Å². The Labute approximate surface area is 171 Å². The van der Waals surface area contributed by atoms with Crippen molar-refractivity contribution < 1.29 is 9.18 Å². The maximum atomic E-state index is 13.1. The number of nitrogens with one attached hydrogen (secondary N) is 3. The van der Waals surface area contributed by atoms with Crippen LogP contribution in [0.15, 0.2) is 42.5 Å². The van der Waals surface area contributed by atoms with Crippen molar-refractivity contribution in [3.05, 3.63) is 70.5 Å². The molecule has 2 aromatic carbocycles. The Hall–Kier alpha value is -2.28. The Bertz CT molecular complexity index is 862. The highest BCUT2D eigenvalue weighted by Gasteiger charge is 2.32. The van der Waals surface area contributed by atoms with Crippen molar-refractivity contribution in [2.75, 3.05) is 13.1 Å². The number of halogens is 1. The Morgan fingerprint density at radius 2 is 1.79 bits per heavy atom. The van der Waals surface area contributed by atoms with E-state index in [-0.39, 0.29) is 30.0 Å². The number of benzene rings is 2. The fourth-order valence-electron chi connectivity index (χ4n) is 4.38. The number of amides is 1. The molecule has 29 heavy (non-hydrogen) atoms. The lowest BCUT2D eigenvalue weighted by molar-refractivity contribution is 0.0879. The number of hydrazine groups is 1. The van der Waals surface area contributed by atoms with E-state index in [2.05, 4.69) is 21.1 Å². The fourth-order valence-corrected chi connectivity index (χ4v) is 4.38. The molecule has 2 aliphatic heterocycles. The molecular weight excluding hydrogens is 367 g/mol. The van der Waals surface area contributed by atoms with Crippen LogP contribution >= 0.6 is 0 Å². The first-order chi connectivity index (χ1) is 14.0. The van der Waals surface area contributed by atoms with E-state index in [0.29, 0.717) is 0 Å². The number of hydrogen-bond donors (Lipinski definition) is 3. The van der Waals surface area contributed by atoms with Crippen LogP contribution < -0.4 is 16.2 Å². The highest BCUT2D eigenvalue weighted by Crippen LogP contribution is 2.26. The van der Waals surface area contributed by atoms with Gasteiger partial charge in [0.15, 0.2) is 0 Å². The highest BCUT2D eigenvalue weighted by atomic mass is 19.1. The summed E-state index contributed by atoms with van der Waals surface area (Å²) in [6.45, 7) is 5.90. The molecule has 2 atom stereocenters. The zero-order chi connectivity index (χ0) is 20.4. The zero-order valence-electron chi connectivity index (χ0n) is 17.0. The van der Waals surface area contributed by atoms with Gasteiger partial charge < -0.3 is 5.32 Å². The van der Waals surface area contributed by atoms with E-state index in [1.165, 1.54) is 17.7 Å². The van der Waals surface area contributed by atoms with E-state index in [0.717, 1.165) is 49.0 Å². The van der Waals surface area contributed by atoms with Crippen molar-refractivity contribution in [1.29, 1.82) is 0 Å². The van der Waals surface area contributed by atoms with Gasteiger partial charge in [-0.3, -0.25) is 9.69 Å². The molecule has 3 N–H and O–H groups in total. The number of nitrogens with zero attached hydrogens (tertiary/aromatic N) is 1. The molecule has 2 heterocycles. The van der Waals surface area contributed by atoms with Crippen LogP contribution in [0.25, 0.3) is 0 Å². The number of hydrogen-bond acceptors (Lipinski definition) is 4. The minimum atomic E-state index is -0.207. The van der Waals surface area contributed by atoms with Gasteiger partial charge in [-0.2, -0.15) is 0 Å². The van der Waals surface area contributed by atoms with E-state index in [9.17, 15) is 9.18 Å². The number of aryl methyl sites for hydroxylation is 2. The van der Waals surface area contributed by atoms with Crippen LogP contribution in [0.3, 0.4) is 0 Å². The van der Waals surface area contributed by atoms with E-state index in [4.69, 9.17) is 0 Å². The predicted octanol–water partition coefficient (Wildman–Crippen LogP) is 3.20. The standard InChI is InChI=1S/C23H29FN4O/c1-15-3-8-20(16(2)13-15)23(29)25-19-9-11-28(12-10-19)22-14-21(26-27-22)17-4-6-18(24)7-5-17/h3-8,13,19,21-22,26-27H,9-12,14H2,1-2H3,(H,25,29). The number of carbonyl (C=O) groups excluding carboxylic acids is 1. The summed E-state index contributed by atoms with van der Waals surface area (Å²) in [5.74, 6) is -0.181. The Kier molecular flexibility index (Phi) is 5.94. The molecule has 0 spiro atoms. The van der Waals surface area contributed by atoms with Gasteiger partial charge >= 0.3 is 0 Å². The van der Waals surface area contributed by atoms with Gasteiger partial charge in [-0.1, -0.05) is 29.8 Å². The van der Waals surface area contributed by atoms with E-state index < -0.39 is 0 Å². The van der Waals surface area contributed by atoms with Crippen LogP contribution in [0.5, 0.6) is 0 Å². The minimum absolute atomic E-state index is 0.0259. The molecule has 0 bridgehead atoms. The fraction of sp³-hybridized carbons (Fsp3) is 0.435. The van der Waals surface area contributed by atoms with E-state index >= 15 is 0 Å². The van der Waals surface area contributed by atoms with Crippen molar-refractivity contribution >= 4 is 5.91 Å². The summed E-state index contributed by atoms with van der Waals surface area (Å²) in [5, 5.41) is 3.21. The molecule has 2 aromatic rings. The quantitative estimate of drug-likeness (QED) is 0.743.